The number of aryl methyl sites for hydroxylation is 2. The molecule has 0 aliphatic heterocycles. The second-order valence-corrected chi connectivity index (χ2v) is 6.04. The van der Waals surface area contributed by atoms with Crippen molar-refractivity contribution < 1.29 is 9.90 Å². The van der Waals surface area contributed by atoms with Crippen molar-refractivity contribution in [3.8, 4) is 11.1 Å². The zero-order valence-electron chi connectivity index (χ0n) is 11.0. The molecule has 20 heavy (non-hydrogen) atoms. The first-order valence-corrected chi connectivity index (χ1v) is 7.59. The Morgan fingerprint density at radius 3 is 2.35 bits per heavy atom. The van der Waals surface area contributed by atoms with Crippen LogP contribution in [0, 0.1) is 0 Å². The van der Waals surface area contributed by atoms with Crippen molar-refractivity contribution in [2.75, 3.05) is 0 Å². The van der Waals surface area contributed by atoms with Crippen LogP contribution in [0.4, 0.5) is 0 Å². The molecule has 1 N–H and O–H groups in total. The smallest absolute Gasteiger partial charge is 0.336 e. The third-order valence-electron chi connectivity index (χ3n) is 3.88. The summed E-state index contributed by atoms with van der Waals surface area (Å²) < 4.78 is 0.617. The fourth-order valence-electron chi connectivity index (χ4n) is 2.78. The van der Waals surface area contributed by atoms with Gasteiger partial charge in [0.25, 0.3) is 0 Å². The lowest BCUT2D eigenvalue weighted by Gasteiger charge is -2.17. The number of fused-ring (bicyclic) bond motifs is 1. The number of hydrogen-bond donors (Lipinski definition) is 1. The molecular formula is C17H15BrO2. The van der Waals surface area contributed by atoms with E-state index in [1.54, 1.807) is 12.1 Å². The molecule has 0 saturated heterocycles. The molecule has 0 spiro atoms. The molecule has 0 radical (unpaired) electrons. The summed E-state index contributed by atoms with van der Waals surface area (Å²) in [5, 5.41) is 9.20. The normalized spacial score (nSPS) is 13.8. The zero-order valence-corrected chi connectivity index (χ0v) is 12.6. The van der Waals surface area contributed by atoms with Gasteiger partial charge in [-0.3, -0.25) is 0 Å². The van der Waals surface area contributed by atoms with Gasteiger partial charge in [-0.25, -0.2) is 4.79 Å². The van der Waals surface area contributed by atoms with Crippen LogP contribution >= 0.6 is 15.9 Å². The molecule has 0 bridgehead atoms. The van der Waals surface area contributed by atoms with Crippen molar-refractivity contribution in [1.82, 2.24) is 0 Å². The molecule has 0 atom stereocenters. The van der Waals surface area contributed by atoms with E-state index in [4.69, 9.17) is 0 Å². The molecule has 2 nitrogen and oxygen atoms in total. The van der Waals surface area contributed by atoms with E-state index in [2.05, 4.69) is 34.1 Å². The van der Waals surface area contributed by atoms with Crippen LogP contribution in [-0.4, -0.2) is 11.1 Å². The molecule has 0 amide bonds. The van der Waals surface area contributed by atoms with Gasteiger partial charge in [-0.05, 0) is 76.0 Å². The number of carboxylic acids is 1. The summed E-state index contributed by atoms with van der Waals surface area (Å²) in [7, 11) is 0. The number of aromatic carboxylic acids is 1. The lowest BCUT2D eigenvalue weighted by atomic mass is 9.89. The first kappa shape index (κ1) is 13.4. The van der Waals surface area contributed by atoms with Gasteiger partial charge in [0.1, 0.15) is 0 Å². The number of halogens is 1. The number of benzene rings is 2. The van der Waals surface area contributed by atoms with Gasteiger partial charge < -0.3 is 5.11 Å². The molecule has 3 rings (SSSR count). The topological polar surface area (TPSA) is 37.3 Å². The minimum Gasteiger partial charge on any atom is -0.478 e. The van der Waals surface area contributed by atoms with Crippen LogP contribution < -0.4 is 0 Å². The average molecular weight is 331 g/mol. The van der Waals surface area contributed by atoms with Crippen LogP contribution in [-0.2, 0) is 12.8 Å². The molecule has 0 fully saturated rings. The monoisotopic (exact) mass is 330 g/mol. The summed E-state index contributed by atoms with van der Waals surface area (Å²) in [6.45, 7) is 0. The Morgan fingerprint density at radius 1 is 0.950 bits per heavy atom. The molecule has 0 aromatic heterocycles. The second-order valence-electron chi connectivity index (χ2n) is 5.19. The number of carbonyl (C=O) groups is 1. The molecule has 0 saturated carbocycles. The number of carboxylic acid groups (broad SMARTS) is 1. The Hall–Kier alpha value is -1.61. The van der Waals surface area contributed by atoms with Crippen LogP contribution in [0.25, 0.3) is 11.1 Å². The lowest BCUT2D eigenvalue weighted by Crippen LogP contribution is -2.02. The van der Waals surface area contributed by atoms with Gasteiger partial charge in [-0.2, -0.15) is 0 Å². The van der Waals surface area contributed by atoms with E-state index >= 15 is 0 Å². The van der Waals surface area contributed by atoms with Crippen molar-refractivity contribution in [3.05, 3.63) is 57.6 Å². The quantitative estimate of drug-likeness (QED) is 0.866. The Bertz CT molecular complexity index is 677. The summed E-state index contributed by atoms with van der Waals surface area (Å²) in [5.74, 6) is -0.906. The van der Waals surface area contributed by atoms with Gasteiger partial charge >= 0.3 is 5.97 Å². The third-order valence-corrected chi connectivity index (χ3v) is 4.57. The Morgan fingerprint density at radius 2 is 1.60 bits per heavy atom. The molecular weight excluding hydrogens is 316 g/mol. The van der Waals surface area contributed by atoms with Crippen LogP contribution in [0.1, 0.15) is 34.3 Å². The largest absolute Gasteiger partial charge is 0.478 e. The highest BCUT2D eigenvalue weighted by atomic mass is 79.9. The first-order valence-electron chi connectivity index (χ1n) is 6.80. The van der Waals surface area contributed by atoms with Gasteiger partial charge in [0.05, 0.1) is 5.56 Å². The summed E-state index contributed by atoms with van der Waals surface area (Å²) >= 11 is 3.28. The SMILES string of the molecule is O=C(O)c1cc(-c2ccc3c(c2)CCCC3)ccc1Br. The van der Waals surface area contributed by atoms with Crippen LogP contribution in [0.5, 0.6) is 0 Å². The maximum Gasteiger partial charge on any atom is 0.336 e. The van der Waals surface area contributed by atoms with E-state index in [0.29, 0.717) is 10.0 Å². The Balaban J connectivity index is 2.05. The summed E-state index contributed by atoms with van der Waals surface area (Å²) in [5.41, 5.74) is 5.21. The Labute approximate surface area is 126 Å². The highest BCUT2D eigenvalue weighted by Gasteiger charge is 2.13. The second kappa shape index (κ2) is 5.41. The maximum absolute atomic E-state index is 11.2. The van der Waals surface area contributed by atoms with Crippen LogP contribution in [0.15, 0.2) is 40.9 Å². The molecule has 0 heterocycles. The predicted octanol–water partition coefficient (Wildman–Crippen LogP) is 4.69. The molecule has 0 unspecified atom stereocenters. The standard InChI is InChI=1S/C17H15BrO2/c18-16-8-7-14(10-15(16)17(19)20)13-6-5-11-3-1-2-4-12(11)9-13/h5-10H,1-4H2,(H,19,20). The van der Waals surface area contributed by atoms with Gasteiger partial charge in [-0.1, -0.05) is 24.3 Å². The van der Waals surface area contributed by atoms with E-state index in [-0.39, 0.29) is 0 Å². The van der Waals surface area contributed by atoms with Gasteiger partial charge in [0, 0.05) is 4.47 Å². The van der Waals surface area contributed by atoms with E-state index in [1.807, 2.05) is 6.07 Å². The minimum atomic E-state index is -0.906. The Kier molecular flexibility index (Phi) is 3.62. The molecule has 3 heteroatoms. The predicted molar refractivity (Wildman–Crippen MR) is 83.2 cm³/mol. The number of hydrogen-bond acceptors (Lipinski definition) is 1. The zero-order chi connectivity index (χ0) is 14.1. The van der Waals surface area contributed by atoms with Gasteiger partial charge in [0.2, 0.25) is 0 Å². The van der Waals surface area contributed by atoms with Crippen molar-refractivity contribution in [1.29, 1.82) is 0 Å². The van der Waals surface area contributed by atoms with Crippen LogP contribution in [0.2, 0.25) is 0 Å². The highest BCUT2D eigenvalue weighted by molar-refractivity contribution is 9.10. The van der Waals surface area contributed by atoms with E-state index < -0.39 is 5.97 Å². The maximum atomic E-state index is 11.2. The molecule has 1 aliphatic carbocycles. The molecule has 102 valence electrons. The van der Waals surface area contributed by atoms with Crippen LogP contribution in [0.3, 0.4) is 0 Å². The summed E-state index contributed by atoms with van der Waals surface area (Å²) in [6.07, 6.45) is 4.81. The van der Waals surface area contributed by atoms with Gasteiger partial charge in [-0.15, -0.1) is 0 Å². The summed E-state index contributed by atoms with van der Waals surface area (Å²) in [4.78, 5) is 11.2. The molecule has 2 aromatic rings. The van der Waals surface area contributed by atoms with Crippen molar-refractivity contribution in [2.24, 2.45) is 0 Å². The fraction of sp³-hybridized carbons (Fsp3) is 0.235. The fourth-order valence-corrected chi connectivity index (χ4v) is 3.20. The van der Waals surface area contributed by atoms with E-state index in [1.165, 1.54) is 24.0 Å². The van der Waals surface area contributed by atoms with E-state index in [9.17, 15) is 9.90 Å². The van der Waals surface area contributed by atoms with Crippen molar-refractivity contribution in [2.45, 2.75) is 25.7 Å². The van der Waals surface area contributed by atoms with Crippen molar-refractivity contribution >= 4 is 21.9 Å². The van der Waals surface area contributed by atoms with Gasteiger partial charge in [0.15, 0.2) is 0 Å². The lowest BCUT2D eigenvalue weighted by molar-refractivity contribution is 0.0696. The minimum absolute atomic E-state index is 0.306. The van der Waals surface area contributed by atoms with E-state index in [0.717, 1.165) is 24.0 Å². The average Bonchev–Trinajstić information content (AvgIpc) is 2.47. The van der Waals surface area contributed by atoms with Crippen molar-refractivity contribution in [3.63, 3.8) is 0 Å². The summed E-state index contributed by atoms with van der Waals surface area (Å²) in [6, 6.07) is 12.0. The molecule has 2 aromatic carbocycles. The first-order chi connectivity index (χ1) is 9.65. The highest BCUT2D eigenvalue weighted by Crippen LogP contribution is 2.29. The molecule has 1 aliphatic rings. The third kappa shape index (κ3) is 2.50. The number of rotatable bonds is 2.